The first kappa shape index (κ1) is 17.9. The third-order valence-corrected chi connectivity index (χ3v) is 6.50. The van der Waals surface area contributed by atoms with E-state index in [9.17, 15) is 13.2 Å². The van der Waals surface area contributed by atoms with Crippen LogP contribution in [0.2, 0.25) is 0 Å². The van der Waals surface area contributed by atoms with Gasteiger partial charge in [0.2, 0.25) is 11.8 Å². The van der Waals surface area contributed by atoms with E-state index in [4.69, 9.17) is 4.42 Å². The molecule has 2 aromatic rings. The summed E-state index contributed by atoms with van der Waals surface area (Å²) in [6.07, 6.45) is 1.28. The lowest BCUT2D eigenvalue weighted by molar-refractivity contribution is -0.118. The number of nitrogens with zero attached hydrogens (tertiary/aromatic N) is 2. The van der Waals surface area contributed by atoms with Crippen molar-refractivity contribution >= 4 is 27.5 Å². The van der Waals surface area contributed by atoms with Crippen LogP contribution in [0.15, 0.2) is 40.0 Å². The Morgan fingerprint density at radius 2 is 2.08 bits per heavy atom. The Morgan fingerprint density at radius 3 is 2.80 bits per heavy atom. The number of hydrogen-bond acceptors (Lipinski definition) is 7. The average Bonchev–Trinajstić information content (AvgIpc) is 3.20. The quantitative estimate of drug-likeness (QED) is 0.724. The molecule has 1 aliphatic rings. The number of carbonyl (C=O) groups is 1. The summed E-state index contributed by atoms with van der Waals surface area (Å²) >= 11 is 1.15. The summed E-state index contributed by atoms with van der Waals surface area (Å²) < 4.78 is 28.5. The lowest BCUT2D eigenvalue weighted by atomic mass is 10.1. The number of rotatable bonds is 7. The van der Waals surface area contributed by atoms with Crippen molar-refractivity contribution < 1.29 is 17.6 Å². The van der Waals surface area contributed by atoms with Gasteiger partial charge in [0.15, 0.2) is 9.84 Å². The van der Waals surface area contributed by atoms with E-state index in [1.54, 1.807) is 0 Å². The van der Waals surface area contributed by atoms with Gasteiger partial charge in [-0.15, -0.1) is 10.2 Å². The Bertz CT molecular complexity index is 821. The van der Waals surface area contributed by atoms with Crippen LogP contribution in [0, 0.1) is 0 Å². The van der Waals surface area contributed by atoms with Crippen LogP contribution in [-0.4, -0.2) is 48.3 Å². The van der Waals surface area contributed by atoms with Gasteiger partial charge in [-0.1, -0.05) is 42.1 Å². The molecule has 0 aliphatic carbocycles. The minimum Gasteiger partial charge on any atom is -0.416 e. The van der Waals surface area contributed by atoms with E-state index in [1.165, 1.54) is 5.56 Å². The highest BCUT2D eigenvalue weighted by Gasteiger charge is 2.32. The highest BCUT2D eigenvalue weighted by Crippen LogP contribution is 2.29. The molecular formula is C16H19N3O4S2. The van der Waals surface area contributed by atoms with Crippen molar-refractivity contribution in [3.63, 3.8) is 0 Å². The molecule has 0 saturated carbocycles. The maximum absolute atomic E-state index is 11.9. The van der Waals surface area contributed by atoms with Crippen LogP contribution >= 0.6 is 11.8 Å². The predicted molar refractivity (Wildman–Crippen MR) is 94.2 cm³/mol. The second kappa shape index (κ2) is 8.01. The summed E-state index contributed by atoms with van der Waals surface area (Å²) in [5.41, 5.74) is 1.17. The van der Waals surface area contributed by atoms with Gasteiger partial charge in [0, 0.05) is 6.54 Å². The van der Waals surface area contributed by atoms with Gasteiger partial charge in [-0.25, -0.2) is 8.42 Å². The van der Waals surface area contributed by atoms with Crippen LogP contribution in [0.25, 0.3) is 0 Å². The van der Waals surface area contributed by atoms with E-state index >= 15 is 0 Å². The maximum Gasteiger partial charge on any atom is 0.277 e. The number of thioether (sulfide) groups is 1. The Balaban J connectivity index is 1.40. The molecule has 0 spiro atoms. The summed E-state index contributed by atoms with van der Waals surface area (Å²) in [4.78, 5) is 11.9. The third-order valence-electron chi connectivity index (χ3n) is 3.91. The first-order chi connectivity index (χ1) is 12.0. The number of nitrogens with one attached hydrogen (secondary N) is 1. The molecule has 25 heavy (non-hydrogen) atoms. The van der Waals surface area contributed by atoms with Crippen molar-refractivity contribution in [1.82, 2.24) is 15.5 Å². The largest absolute Gasteiger partial charge is 0.416 e. The maximum atomic E-state index is 11.9. The minimum atomic E-state index is -2.99. The molecule has 0 radical (unpaired) electrons. The van der Waals surface area contributed by atoms with E-state index in [0.29, 0.717) is 18.9 Å². The van der Waals surface area contributed by atoms with Crippen molar-refractivity contribution in [2.75, 3.05) is 23.8 Å². The molecular weight excluding hydrogens is 362 g/mol. The zero-order valence-electron chi connectivity index (χ0n) is 13.6. The number of benzene rings is 1. The smallest absolute Gasteiger partial charge is 0.277 e. The fourth-order valence-corrected chi connectivity index (χ4v) is 4.93. The van der Waals surface area contributed by atoms with Crippen LogP contribution in [0.4, 0.5) is 0 Å². The summed E-state index contributed by atoms with van der Waals surface area (Å²) in [5.74, 6) is 0.397. The number of carbonyl (C=O) groups excluding carboxylic acids is 1. The van der Waals surface area contributed by atoms with Crippen LogP contribution in [0.5, 0.6) is 0 Å². The number of sulfone groups is 1. The van der Waals surface area contributed by atoms with Gasteiger partial charge in [0.1, 0.15) is 0 Å². The van der Waals surface area contributed by atoms with Crippen LogP contribution in [0.3, 0.4) is 0 Å². The average molecular weight is 381 g/mol. The molecule has 134 valence electrons. The third kappa shape index (κ3) is 5.30. The second-order valence-electron chi connectivity index (χ2n) is 5.88. The van der Waals surface area contributed by atoms with Gasteiger partial charge in [0.05, 0.1) is 23.2 Å². The van der Waals surface area contributed by atoms with E-state index in [-0.39, 0.29) is 34.3 Å². The zero-order chi connectivity index (χ0) is 17.7. The van der Waals surface area contributed by atoms with Crippen LogP contribution < -0.4 is 5.32 Å². The van der Waals surface area contributed by atoms with Gasteiger partial charge in [-0.2, -0.15) is 0 Å². The first-order valence-electron chi connectivity index (χ1n) is 7.99. The topological polar surface area (TPSA) is 102 Å². The summed E-state index contributed by atoms with van der Waals surface area (Å²) in [7, 11) is -2.99. The van der Waals surface area contributed by atoms with Crippen LogP contribution in [-0.2, 0) is 21.1 Å². The highest BCUT2D eigenvalue weighted by molar-refractivity contribution is 7.99. The fraction of sp³-hybridized carbons (Fsp3) is 0.438. The molecule has 1 aliphatic heterocycles. The van der Waals surface area contributed by atoms with Crippen LogP contribution in [0.1, 0.15) is 23.8 Å². The fourth-order valence-electron chi connectivity index (χ4n) is 2.60. The molecule has 3 rings (SSSR count). The normalized spacial score (nSPS) is 19.0. The van der Waals surface area contributed by atoms with Gasteiger partial charge >= 0.3 is 0 Å². The van der Waals surface area contributed by atoms with E-state index in [2.05, 4.69) is 15.5 Å². The van der Waals surface area contributed by atoms with E-state index in [0.717, 1.165) is 18.2 Å². The molecule has 2 heterocycles. The summed E-state index contributed by atoms with van der Waals surface area (Å²) in [5, 5.41) is 10.9. The Morgan fingerprint density at radius 1 is 1.28 bits per heavy atom. The minimum absolute atomic E-state index is 0.0548. The molecule has 1 aromatic heterocycles. The van der Waals surface area contributed by atoms with Gasteiger partial charge in [0.25, 0.3) is 5.22 Å². The number of hydrogen-bond donors (Lipinski definition) is 1. The van der Waals surface area contributed by atoms with Crippen molar-refractivity contribution in [2.24, 2.45) is 0 Å². The second-order valence-corrected chi connectivity index (χ2v) is 9.04. The molecule has 1 amide bonds. The molecule has 1 fully saturated rings. The van der Waals surface area contributed by atoms with Crippen molar-refractivity contribution in [1.29, 1.82) is 0 Å². The van der Waals surface area contributed by atoms with Gasteiger partial charge < -0.3 is 9.73 Å². The SMILES string of the molecule is O=C(CSc1nnc([C@H]2CCS(=O)(=O)C2)o1)NCCc1ccccc1. The standard InChI is InChI=1S/C16H19N3O4S2/c20-14(17-8-6-12-4-2-1-3-5-12)10-24-16-19-18-15(23-16)13-7-9-25(21,22)11-13/h1-5,13H,6-11H2,(H,17,20)/t13-/m0/s1. The van der Waals surface area contributed by atoms with Gasteiger partial charge in [-0.05, 0) is 18.4 Å². The molecule has 7 nitrogen and oxygen atoms in total. The molecule has 1 saturated heterocycles. The summed E-state index contributed by atoms with van der Waals surface area (Å²) in [6, 6.07) is 9.93. The Labute approximate surface area is 150 Å². The molecule has 1 atom stereocenters. The molecule has 0 bridgehead atoms. The molecule has 1 N–H and O–H groups in total. The number of amides is 1. The summed E-state index contributed by atoms with van der Waals surface area (Å²) in [6.45, 7) is 0.568. The van der Waals surface area contributed by atoms with E-state index < -0.39 is 9.84 Å². The predicted octanol–water partition coefficient (Wildman–Crippen LogP) is 1.42. The van der Waals surface area contributed by atoms with Crippen molar-refractivity contribution in [3.05, 3.63) is 41.8 Å². The zero-order valence-corrected chi connectivity index (χ0v) is 15.2. The van der Waals surface area contributed by atoms with Crippen molar-refractivity contribution in [3.8, 4) is 0 Å². The Kier molecular flexibility index (Phi) is 5.74. The lowest BCUT2D eigenvalue weighted by Gasteiger charge is -2.04. The van der Waals surface area contributed by atoms with Gasteiger partial charge in [-0.3, -0.25) is 4.79 Å². The molecule has 9 heteroatoms. The molecule has 0 unspecified atom stereocenters. The highest BCUT2D eigenvalue weighted by atomic mass is 32.2. The first-order valence-corrected chi connectivity index (χ1v) is 10.8. The monoisotopic (exact) mass is 381 g/mol. The van der Waals surface area contributed by atoms with E-state index in [1.807, 2.05) is 30.3 Å². The van der Waals surface area contributed by atoms with Crippen molar-refractivity contribution in [2.45, 2.75) is 24.0 Å². The lowest BCUT2D eigenvalue weighted by Crippen LogP contribution is -2.27. The molecule has 1 aromatic carbocycles. The Hall–Kier alpha value is -1.87. The number of aromatic nitrogens is 2.